The molecular formula is C22H27N2O2+. The number of nitrogens with one attached hydrogen (secondary N) is 1. The summed E-state index contributed by atoms with van der Waals surface area (Å²) in [5.41, 5.74) is 3.22. The van der Waals surface area contributed by atoms with Crippen molar-refractivity contribution in [3.8, 4) is 5.75 Å². The van der Waals surface area contributed by atoms with Crippen LogP contribution in [0.5, 0.6) is 5.75 Å². The SMILES string of the molecule is C=CCOc1ccccc1C[NH+]1CCN(c2ccc(C(C)=O)cc2)CC1. The average Bonchev–Trinajstić information content (AvgIpc) is 2.68. The van der Waals surface area contributed by atoms with E-state index in [0.717, 1.165) is 44.0 Å². The number of nitrogens with zero attached hydrogens (tertiary/aromatic N) is 1. The molecule has 4 heteroatoms. The second-order valence-corrected chi connectivity index (χ2v) is 6.72. The first-order chi connectivity index (χ1) is 12.7. The van der Waals surface area contributed by atoms with Crippen molar-refractivity contribution < 1.29 is 14.4 Å². The number of anilines is 1. The number of benzene rings is 2. The molecule has 1 N–H and O–H groups in total. The summed E-state index contributed by atoms with van der Waals surface area (Å²) in [7, 11) is 0. The van der Waals surface area contributed by atoms with Gasteiger partial charge >= 0.3 is 0 Å². The molecule has 2 aromatic rings. The van der Waals surface area contributed by atoms with Crippen molar-refractivity contribution in [3.63, 3.8) is 0 Å². The quantitative estimate of drug-likeness (QED) is 0.614. The largest absolute Gasteiger partial charge is 0.489 e. The summed E-state index contributed by atoms with van der Waals surface area (Å²) < 4.78 is 5.78. The summed E-state index contributed by atoms with van der Waals surface area (Å²) in [5.74, 6) is 1.07. The van der Waals surface area contributed by atoms with Crippen molar-refractivity contribution in [1.82, 2.24) is 0 Å². The lowest BCUT2D eigenvalue weighted by Gasteiger charge is -2.34. The first-order valence-electron chi connectivity index (χ1n) is 9.18. The molecule has 0 radical (unpaired) electrons. The predicted octanol–water partition coefficient (Wildman–Crippen LogP) is 2.36. The van der Waals surface area contributed by atoms with Crippen molar-refractivity contribution in [2.45, 2.75) is 13.5 Å². The van der Waals surface area contributed by atoms with Crippen LogP contribution in [0.3, 0.4) is 0 Å². The number of ketones is 1. The Balaban J connectivity index is 1.57. The third-order valence-corrected chi connectivity index (χ3v) is 4.88. The molecule has 3 rings (SSSR count). The Bertz CT molecular complexity index is 747. The molecule has 2 aromatic carbocycles. The van der Waals surface area contributed by atoms with Gasteiger partial charge in [-0.1, -0.05) is 24.8 Å². The number of hydrogen-bond acceptors (Lipinski definition) is 3. The lowest BCUT2D eigenvalue weighted by molar-refractivity contribution is -0.914. The predicted molar refractivity (Wildman–Crippen MR) is 105 cm³/mol. The van der Waals surface area contributed by atoms with Crippen molar-refractivity contribution in [3.05, 3.63) is 72.3 Å². The summed E-state index contributed by atoms with van der Waals surface area (Å²) in [6.07, 6.45) is 1.78. The lowest BCUT2D eigenvalue weighted by Crippen LogP contribution is -3.13. The monoisotopic (exact) mass is 351 g/mol. The zero-order valence-electron chi connectivity index (χ0n) is 15.4. The van der Waals surface area contributed by atoms with Gasteiger partial charge in [0.05, 0.1) is 26.2 Å². The lowest BCUT2D eigenvalue weighted by atomic mass is 10.1. The minimum Gasteiger partial charge on any atom is -0.489 e. The molecule has 1 aliphatic heterocycles. The number of carbonyl (C=O) groups is 1. The van der Waals surface area contributed by atoms with Crippen molar-refractivity contribution >= 4 is 11.5 Å². The van der Waals surface area contributed by atoms with Crippen LogP contribution in [0.2, 0.25) is 0 Å². The first kappa shape index (κ1) is 18.2. The Morgan fingerprint density at radius 2 is 1.85 bits per heavy atom. The molecule has 0 bridgehead atoms. The number of para-hydroxylation sites is 1. The van der Waals surface area contributed by atoms with Gasteiger partial charge in [-0.3, -0.25) is 4.79 Å². The fraction of sp³-hybridized carbons (Fsp3) is 0.318. The van der Waals surface area contributed by atoms with Crippen molar-refractivity contribution in [2.24, 2.45) is 0 Å². The number of Topliss-reactive ketones (excluding diaryl/α,β-unsaturated/α-hetero) is 1. The number of hydrogen-bond donors (Lipinski definition) is 1. The standard InChI is InChI=1S/C22H26N2O2/c1-3-16-26-22-7-5-4-6-20(22)17-23-12-14-24(15-13-23)21-10-8-19(9-11-21)18(2)25/h3-11H,1,12-17H2,2H3/p+1. The molecule has 0 saturated carbocycles. The van der Waals surface area contributed by atoms with E-state index in [1.165, 1.54) is 11.3 Å². The molecule has 0 aromatic heterocycles. The van der Waals surface area contributed by atoms with E-state index in [1.54, 1.807) is 17.9 Å². The summed E-state index contributed by atoms with van der Waals surface area (Å²) in [4.78, 5) is 15.4. The third kappa shape index (κ3) is 4.52. The van der Waals surface area contributed by atoms with Gasteiger partial charge in [0.2, 0.25) is 0 Å². The van der Waals surface area contributed by atoms with E-state index in [2.05, 4.69) is 35.7 Å². The number of rotatable bonds is 7. The Hall–Kier alpha value is -2.59. The minimum atomic E-state index is 0.114. The van der Waals surface area contributed by atoms with E-state index in [0.29, 0.717) is 6.61 Å². The fourth-order valence-corrected chi connectivity index (χ4v) is 3.37. The Labute approximate surface area is 155 Å². The van der Waals surface area contributed by atoms with E-state index < -0.39 is 0 Å². The highest BCUT2D eigenvalue weighted by molar-refractivity contribution is 5.94. The molecular weight excluding hydrogens is 324 g/mol. The maximum Gasteiger partial charge on any atom is 0.159 e. The molecule has 0 aliphatic carbocycles. The van der Waals surface area contributed by atoms with Crippen LogP contribution in [-0.4, -0.2) is 38.6 Å². The molecule has 1 fully saturated rings. The Morgan fingerprint density at radius 1 is 1.15 bits per heavy atom. The zero-order chi connectivity index (χ0) is 18.4. The van der Waals surface area contributed by atoms with E-state index in [9.17, 15) is 4.79 Å². The number of piperazine rings is 1. The van der Waals surface area contributed by atoms with Crippen LogP contribution in [-0.2, 0) is 6.54 Å². The van der Waals surface area contributed by atoms with Gasteiger partial charge in [-0.2, -0.15) is 0 Å². The van der Waals surface area contributed by atoms with Gasteiger partial charge in [-0.25, -0.2) is 0 Å². The minimum absolute atomic E-state index is 0.114. The van der Waals surface area contributed by atoms with Gasteiger partial charge in [0.25, 0.3) is 0 Å². The van der Waals surface area contributed by atoms with Crippen molar-refractivity contribution in [1.29, 1.82) is 0 Å². The van der Waals surface area contributed by atoms with Gasteiger partial charge in [-0.05, 0) is 43.3 Å². The molecule has 1 saturated heterocycles. The number of ether oxygens (including phenoxy) is 1. The van der Waals surface area contributed by atoms with Gasteiger partial charge in [0.1, 0.15) is 18.9 Å². The summed E-state index contributed by atoms with van der Waals surface area (Å²) in [6.45, 7) is 11.1. The van der Waals surface area contributed by atoms with E-state index >= 15 is 0 Å². The number of carbonyl (C=O) groups excluding carboxylic acids is 1. The van der Waals surface area contributed by atoms with Crippen LogP contribution in [0.1, 0.15) is 22.8 Å². The van der Waals surface area contributed by atoms with Crippen LogP contribution in [0.15, 0.2) is 61.2 Å². The Morgan fingerprint density at radius 3 is 2.50 bits per heavy atom. The smallest absolute Gasteiger partial charge is 0.159 e. The zero-order valence-corrected chi connectivity index (χ0v) is 15.4. The van der Waals surface area contributed by atoms with Crippen molar-refractivity contribution in [2.75, 3.05) is 37.7 Å². The average molecular weight is 351 g/mol. The molecule has 0 amide bonds. The maximum absolute atomic E-state index is 11.4. The summed E-state index contributed by atoms with van der Waals surface area (Å²) >= 11 is 0. The second-order valence-electron chi connectivity index (χ2n) is 6.72. The topological polar surface area (TPSA) is 34.0 Å². The molecule has 26 heavy (non-hydrogen) atoms. The summed E-state index contributed by atoms with van der Waals surface area (Å²) in [5, 5.41) is 0. The summed E-state index contributed by atoms with van der Waals surface area (Å²) in [6, 6.07) is 16.2. The molecule has 0 spiro atoms. The highest BCUT2D eigenvalue weighted by Crippen LogP contribution is 2.18. The van der Waals surface area contributed by atoms with Crippen LogP contribution in [0, 0.1) is 0 Å². The van der Waals surface area contributed by atoms with Gasteiger partial charge in [-0.15, -0.1) is 0 Å². The molecule has 136 valence electrons. The van der Waals surface area contributed by atoms with Crippen LogP contribution < -0.4 is 14.5 Å². The van der Waals surface area contributed by atoms with Gasteiger partial charge < -0.3 is 14.5 Å². The van der Waals surface area contributed by atoms with E-state index in [-0.39, 0.29) is 5.78 Å². The van der Waals surface area contributed by atoms with Crippen LogP contribution >= 0.6 is 0 Å². The molecule has 4 nitrogen and oxygen atoms in total. The van der Waals surface area contributed by atoms with E-state index in [1.807, 2.05) is 24.3 Å². The first-order valence-corrected chi connectivity index (χ1v) is 9.18. The van der Waals surface area contributed by atoms with Crippen LogP contribution in [0.4, 0.5) is 5.69 Å². The molecule has 1 heterocycles. The van der Waals surface area contributed by atoms with Gasteiger partial charge in [0, 0.05) is 16.8 Å². The highest BCUT2D eigenvalue weighted by atomic mass is 16.5. The second kappa shape index (κ2) is 8.68. The third-order valence-electron chi connectivity index (χ3n) is 4.88. The molecule has 0 unspecified atom stereocenters. The number of quaternary nitrogens is 1. The van der Waals surface area contributed by atoms with Crippen LogP contribution in [0.25, 0.3) is 0 Å². The normalized spacial score (nSPS) is 14.9. The fourth-order valence-electron chi connectivity index (χ4n) is 3.37. The van der Waals surface area contributed by atoms with E-state index in [4.69, 9.17) is 4.74 Å². The van der Waals surface area contributed by atoms with Gasteiger partial charge in [0.15, 0.2) is 5.78 Å². The maximum atomic E-state index is 11.4. The Kier molecular flexibility index (Phi) is 6.08. The highest BCUT2D eigenvalue weighted by Gasteiger charge is 2.21. The molecule has 1 aliphatic rings. The molecule has 0 atom stereocenters.